The summed E-state index contributed by atoms with van der Waals surface area (Å²) in [6.45, 7) is 2.63. The van der Waals surface area contributed by atoms with Crippen LogP contribution in [-0.2, 0) is 20.5 Å². The van der Waals surface area contributed by atoms with Gasteiger partial charge in [-0.1, -0.05) is 47.5 Å². The maximum atomic E-state index is 16.3. The van der Waals surface area contributed by atoms with E-state index in [9.17, 15) is 19.8 Å². The second kappa shape index (κ2) is 11.7. The molecule has 0 spiro atoms. The van der Waals surface area contributed by atoms with E-state index in [1.807, 2.05) is 12.1 Å². The number of rotatable bonds is 9. The molecule has 1 unspecified atom stereocenters. The first kappa shape index (κ1) is 29.5. The van der Waals surface area contributed by atoms with Crippen molar-refractivity contribution in [3.05, 3.63) is 104 Å². The molecule has 1 aliphatic carbocycles. The van der Waals surface area contributed by atoms with Crippen LogP contribution in [0.1, 0.15) is 77.7 Å². The summed E-state index contributed by atoms with van der Waals surface area (Å²) in [5.74, 6) is -2.50. The van der Waals surface area contributed by atoms with Gasteiger partial charge in [-0.15, -0.1) is 0 Å². The number of halogens is 3. The first-order valence-corrected chi connectivity index (χ1v) is 14.5. The molecule has 216 valence electrons. The molecule has 0 bridgehead atoms. The minimum atomic E-state index is -1.41. The van der Waals surface area contributed by atoms with Crippen LogP contribution in [-0.4, -0.2) is 35.3 Å². The van der Waals surface area contributed by atoms with E-state index in [4.69, 9.17) is 27.9 Å². The van der Waals surface area contributed by atoms with Crippen LogP contribution in [0, 0.1) is 11.7 Å². The van der Waals surface area contributed by atoms with Crippen LogP contribution >= 0.6 is 23.2 Å². The van der Waals surface area contributed by atoms with Gasteiger partial charge in [-0.05, 0) is 91.6 Å². The third-order valence-corrected chi connectivity index (χ3v) is 9.02. The highest BCUT2D eigenvalue weighted by atomic mass is 35.5. The number of nitrogens with one attached hydrogen (secondary N) is 1. The van der Waals surface area contributed by atoms with Crippen molar-refractivity contribution in [2.24, 2.45) is 5.92 Å². The van der Waals surface area contributed by atoms with Crippen molar-refractivity contribution in [2.75, 3.05) is 13.2 Å². The Labute approximate surface area is 248 Å². The third-order valence-electron chi connectivity index (χ3n) is 8.52. The van der Waals surface area contributed by atoms with E-state index in [1.165, 1.54) is 6.07 Å². The zero-order valence-electron chi connectivity index (χ0n) is 22.6. The molecule has 3 aromatic rings. The molecule has 3 N–H and O–H groups in total. The fourth-order valence-electron chi connectivity index (χ4n) is 5.99. The molecule has 3 aromatic carbocycles. The van der Waals surface area contributed by atoms with Crippen LogP contribution < -0.4 is 5.32 Å². The van der Waals surface area contributed by atoms with Gasteiger partial charge in [-0.2, -0.15) is 0 Å². The summed E-state index contributed by atoms with van der Waals surface area (Å²) in [6, 6.07) is 15.7. The summed E-state index contributed by atoms with van der Waals surface area (Å²) in [7, 11) is 0. The summed E-state index contributed by atoms with van der Waals surface area (Å²) in [5.41, 5.74) is -0.171. The molecular formula is C32H32Cl2FNO5. The summed E-state index contributed by atoms with van der Waals surface area (Å²) in [4.78, 5) is 25.8. The van der Waals surface area contributed by atoms with E-state index in [0.717, 1.165) is 5.56 Å². The number of ether oxygens (including phenoxy) is 1. The predicted octanol–water partition coefficient (Wildman–Crippen LogP) is 6.79. The van der Waals surface area contributed by atoms with Gasteiger partial charge in [-0.25, -0.2) is 4.39 Å². The lowest BCUT2D eigenvalue weighted by molar-refractivity contribution is -0.137. The van der Waals surface area contributed by atoms with Crippen LogP contribution in [0.3, 0.4) is 0 Å². The number of hydrogen-bond donors (Lipinski definition) is 3. The van der Waals surface area contributed by atoms with Gasteiger partial charge in [0.1, 0.15) is 5.82 Å². The smallest absolute Gasteiger partial charge is 0.305 e. The van der Waals surface area contributed by atoms with Crippen molar-refractivity contribution in [3.63, 3.8) is 0 Å². The van der Waals surface area contributed by atoms with Crippen molar-refractivity contribution < 1.29 is 28.9 Å². The summed E-state index contributed by atoms with van der Waals surface area (Å²) >= 11 is 12.1. The Hall–Kier alpha value is -2.97. The Bertz CT molecular complexity index is 1430. The fraction of sp³-hybridized carbons (Fsp3) is 0.375. The van der Waals surface area contributed by atoms with Gasteiger partial charge < -0.3 is 20.3 Å². The molecule has 1 saturated carbocycles. The third kappa shape index (κ3) is 6.14. The van der Waals surface area contributed by atoms with Gasteiger partial charge >= 0.3 is 5.97 Å². The molecule has 9 heteroatoms. The highest BCUT2D eigenvalue weighted by Crippen LogP contribution is 2.56. The Morgan fingerprint density at radius 3 is 2.20 bits per heavy atom. The van der Waals surface area contributed by atoms with Crippen LogP contribution in [0.25, 0.3) is 0 Å². The molecule has 0 radical (unpaired) electrons. The normalized spacial score (nSPS) is 18.8. The van der Waals surface area contributed by atoms with Gasteiger partial charge in [0, 0.05) is 39.8 Å². The molecule has 1 aliphatic heterocycles. The van der Waals surface area contributed by atoms with E-state index < -0.39 is 34.8 Å². The number of benzene rings is 3. The molecule has 2 atom stereocenters. The Kier molecular flexibility index (Phi) is 8.44. The van der Waals surface area contributed by atoms with Gasteiger partial charge in [0.2, 0.25) is 0 Å². The molecular weight excluding hydrogens is 568 g/mol. The summed E-state index contributed by atoms with van der Waals surface area (Å²) in [5, 5.41) is 25.1. The maximum absolute atomic E-state index is 16.3. The van der Waals surface area contributed by atoms with Gasteiger partial charge in [0.15, 0.2) is 0 Å². The van der Waals surface area contributed by atoms with Crippen molar-refractivity contribution in [1.29, 1.82) is 0 Å². The fourth-order valence-corrected chi connectivity index (χ4v) is 6.25. The van der Waals surface area contributed by atoms with Gasteiger partial charge in [0.25, 0.3) is 5.91 Å². The van der Waals surface area contributed by atoms with Crippen molar-refractivity contribution in [1.82, 2.24) is 5.32 Å². The average molecular weight is 601 g/mol. The van der Waals surface area contributed by atoms with Crippen LogP contribution in [0.5, 0.6) is 0 Å². The SMILES string of the molecule is CC(O)(c1cc(F)c(C2(c3ccc(Cl)cc3)CC2)c(C(=O)N[C@@H](CC(=O)O)c2ccc(Cl)cc2)c1)C1CCOCC1. The van der Waals surface area contributed by atoms with Crippen LogP contribution in [0.4, 0.5) is 4.39 Å². The standard InChI is InChI=1S/C32H32Cl2FNO5/c1-31(40,20-10-14-41-15-11-20)22-16-25(30(39)36-27(18-28(37)38)19-2-6-23(33)7-3-19)29(26(35)17-22)32(12-13-32)21-4-8-24(34)9-5-21/h2-9,16-17,20,27,40H,10-15,18H2,1H3,(H,36,39)(H,37,38)/t27-,31?/m0/s1. The van der Waals surface area contributed by atoms with Crippen molar-refractivity contribution >= 4 is 35.1 Å². The van der Waals surface area contributed by atoms with Gasteiger partial charge in [-0.3, -0.25) is 9.59 Å². The zero-order valence-corrected chi connectivity index (χ0v) is 24.1. The number of amides is 1. The summed E-state index contributed by atoms with van der Waals surface area (Å²) < 4.78 is 21.8. The molecule has 41 heavy (non-hydrogen) atoms. The first-order valence-electron chi connectivity index (χ1n) is 13.7. The predicted molar refractivity (Wildman–Crippen MR) is 155 cm³/mol. The molecule has 5 rings (SSSR count). The molecule has 6 nitrogen and oxygen atoms in total. The Balaban J connectivity index is 1.60. The lowest BCUT2D eigenvalue weighted by Crippen LogP contribution is -2.37. The van der Waals surface area contributed by atoms with E-state index in [2.05, 4.69) is 5.32 Å². The Morgan fingerprint density at radius 1 is 1.05 bits per heavy atom. The quantitative estimate of drug-likeness (QED) is 0.251. The number of carboxylic acids is 1. The molecule has 1 saturated heterocycles. The minimum absolute atomic E-state index is 0.0733. The molecule has 1 heterocycles. The largest absolute Gasteiger partial charge is 0.481 e. The average Bonchev–Trinajstić information content (AvgIpc) is 3.75. The summed E-state index contributed by atoms with van der Waals surface area (Å²) in [6.07, 6.45) is 2.06. The van der Waals surface area contributed by atoms with E-state index in [1.54, 1.807) is 49.4 Å². The first-order chi connectivity index (χ1) is 19.5. The van der Waals surface area contributed by atoms with Crippen LogP contribution in [0.2, 0.25) is 10.0 Å². The Morgan fingerprint density at radius 2 is 1.63 bits per heavy atom. The van der Waals surface area contributed by atoms with E-state index >= 15 is 4.39 Å². The molecule has 2 fully saturated rings. The number of carbonyl (C=O) groups is 2. The number of aliphatic hydroxyl groups is 1. The monoisotopic (exact) mass is 599 g/mol. The van der Waals surface area contributed by atoms with Gasteiger partial charge in [0.05, 0.1) is 18.1 Å². The maximum Gasteiger partial charge on any atom is 0.305 e. The molecule has 1 amide bonds. The van der Waals surface area contributed by atoms with Crippen LogP contribution in [0.15, 0.2) is 60.7 Å². The highest BCUT2D eigenvalue weighted by molar-refractivity contribution is 6.30. The van der Waals surface area contributed by atoms with Crippen molar-refractivity contribution in [3.8, 4) is 0 Å². The zero-order chi connectivity index (χ0) is 29.4. The number of carboxylic acid groups (broad SMARTS) is 1. The topological polar surface area (TPSA) is 95.9 Å². The minimum Gasteiger partial charge on any atom is -0.481 e. The molecule has 2 aliphatic rings. The number of hydrogen-bond acceptors (Lipinski definition) is 4. The molecule has 0 aromatic heterocycles. The lowest BCUT2D eigenvalue weighted by Gasteiger charge is -2.36. The van der Waals surface area contributed by atoms with E-state index in [-0.39, 0.29) is 23.5 Å². The second-order valence-corrected chi connectivity index (χ2v) is 12.1. The van der Waals surface area contributed by atoms with E-state index in [0.29, 0.717) is 60.1 Å². The second-order valence-electron chi connectivity index (χ2n) is 11.2. The number of carbonyl (C=O) groups excluding carboxylic acids is 1. The highest BCUT2D eigenvalue weighted by Gasteiger charge is 2.50. The van der Waals surface area contributed by atoms with Crippen molar-refractivity contribution in [2.45, 2.75) is 56.1 Å². The lowest BCUT2D eigenvalue weighted by atomic mass is 9.76. The number of aliphatic carboxylic acids is 1.